The minimum absolute atomic E-state index is 0.0195. The predicted octanol–water partition coefficient (Wildman–Crippen LogP) is 3.61. The van der Waals surface area contributed by atoms with Crippen molar-refractivity contribution in [1.82, 2.24) is 5.43 Å². The number of aryl methyl sites for hydroxylation is 1. The van der Waals surface area contributed by atoms with E-state index in [0.717, 1.165) is 37.7 Å². The Morgan fingerprint density at radius 3 is 2.69 bits per heavy atom. The summed E-state index contributed by atoms with van der Waals surface area (Å²) in [6, 6.07) is 11.3. The topological polar surface area (TPSA) is 127 Å². The number of unbranched alkanes of at least 4 members (excludes halogenated alkanes) is 3. The SMILES string of the molecule is CCCCCCc1cc2cc(C(N)=O)/c(=N\NC(=O)c3cccc(OC)c3)oc2cc1O. The van der Waals surface area contributed by atoms with E-state index in [-0.39, 0.29) is 16.9 Å². The summed E-state index contributed by atoms with van der Waals surface area (Å²) in [5, 5.41) is 14.9. The number of hydrogen-bond donors (Lipinski definition) is 3. The molecule has 4 N–H and O–H groups in total. The van der Waals surface area contributed by atoms with E-state index in [2.05, 4.69) is 17.5 Å². The van der Waals surface area contributed by atoms with Gasteiger partial charge in [-0.2, -0.15) is 0 Å². The molecule has 0 atom stereocenters. The number of amides is 2. The number of carbonyl (C=O) groups is 2. The van der Waals surface area contributed by atoms with Gasteiger partial charge >= 0.3 is 0 Å². The van der Waals surface area contributed by atoms with Gasteiger partial charge in [-0.3, -0.25) is 9.59 Å². The van der Waals surface area contributed by atoms with Gasteiger partial charge in [0.2, 0.25) is 5.55 Å². The Kier molecular flexibility index (Phi) is 7.49. The van der Waals surface area contributed by atoms with Crippen molar-refractivity contribution in [2.24, 2.45) is 10.8 Å². The second-order valence-corrected chi connectivity index (χ2v) is 7.44. The molecule has 0 unspecified atom stereocenters. The molecule has 0 spiro atoms. The first-order valence-electron chi connectivity index (χ1n) is 10.5. The summed E-state index contributed by atoms with van der Waals surface area (Å²) in [4.78, 5) is 24.4. The molecule has 0 aliphatic rings. The van der Waals surface area contributed by atoms with Gasteiger partial charge in [-0.1, -0.05) is 32.3 Å². The highest BCUT2D eigenvalue weighted by atomic mass is 16.5. The smallest absolute Gasteiger partial charge is 0.271 e. The van der Waals surface area contributed by atoms with Crippen LogP contribution in [0.2, 0.25) is 0 Å². The molecule has 0 bridgehead atoms. The number of nitrogens with zero attached hydrogens (tertiary/aromatic N) is 1. The minimum atomic E-state index is -0.748. The largest absolute Gasteiger partial charge is 0.508 e. The average molecular weight is 437 g/mol. The van der Waals surface area contributed by atoms with Crippen molar-refractivity contribution >= 4 is 22.8 Å². The standard InChI is InChI=1S/C24H27N3O5/c1-3-4-5-6-8-15-11-17-13-19(22(25)29)24(32-21(17)14-20(15)28)27-26-23(30)16-9-7-10-18(12-16)31-2/h7,9-14,28H,3-6,8H2,1-2H3,(H2,25,29)(H,26,30)/b27-24+. The number of phenolic OH excluding ortho intramolecular Hbond substituents is 1. The number of carbonyl (C=O) groups excluding carboxylic acids is 2. The Morgan fingerprint density at radius 1 is 1.16 bits per heavy atom. The van der Waals surface area contributed by atoms with E-state index < -0.39 is 11.8 Å². The number of fused-ring (bicyclic) bond motifs is 1. The van der Waals surface area contributed by atoms with E-state index in [1.807, 2.05) is 0 Å². The second kappa shape index (κ2) is 10.5. The van der Waals surface area contributed by atoms with Crippen molar-refractivity contribution in [1.29, 1.82) is 0 Å². The Balaban J connectivity index is 1.92. The zero-order valence-corrected chi connectivity index (χ0v) is 18.2. The molecular formula is C24H27N3O5. The van der Waals surface area contributed by atoms with Crippen LogP contribution in [0, 0.1) is 0 Å². The number of benzene rings is 2. The number of nitrogens with one attached hydrogen (secondary N) is 1. The van der Waals surface area contributed by atoms with E-state index in [4.69, 9.17) is 14.9 Å². The molecule has 2 amide bonds. The molecule has 0 radical (unpaired) electrons. The number of aromatic hydroxyl groups is 1. The Bertz CT molecular complexity index is 1200. The first kappa shape index (κ1) is 22.9. The summed E-state index contributed by atoms with van der Waals surface area (Å²) in [6.07, 6.45) is 5.02. The van der Waals surface area contributed by atoms with Gasteiger partial charge in [-0.15, -0.1) is 5.10 Å². The van der Waals surface area contributed by atoms with Gasteiger partial charge in [-0.25, -0.2) is 5.43 Å². The summed E-state index contributed by atoms with van der Waals surface area (Å²) in [7, 11) is 1.50. The number of primary amides is 1. The van der Waals surface area contributed by atoms with Gasteiger partial charge in [-0.05, 0) is 48.7 Å². The summed E-state index contributed by atoms with van der Waals surface area (Å²) in [5.41, 5.74) is 9.14. The molecule has 8 heteroatoms. The van der Waals surface area contributed by atoms with E-state index >= 15 is 0 Å². The van der Waals surface area contributed by atoms with Crippen molar-refractivity contribution in [2.45, 2.75) is 39.0 Å². The van der Waals surface area contributed by atoms with Crippen LogP contribution in [0.5, 0.6) is 11.5 Å². The third-order valence-corrected chi connectivity index (χ3v) is 5.10. The molecular weight excluding hydrogens is 410 g/mol. The lowest BCUT2D eigenvalue weighted by molar-refractivity contribution is 0.0946. The summed E-state index contributed by atoms with van der Waals surface area (Å²) < 4.78 is 10.8. The molecule has 0 aliphatic heterocycles. The maximum Gasteiger partial charge on any atom is 0.271 e. The van der Waals surface area contributed by atoms with Gasteiger partial charge in [0.15, 0.2) is 0 Å². The van der Waals surface area contributed by atoms with Crippen LogP contribution in [-0.4, -0.2) is 24.0 Å². The lowest BCUT2D eigenvalue weighted by atomic mass is 10.0. The highest BCUT2D eigenvalue weighted by Crippen LogP contribution is 2.26. The first-order chi connectivity index (χ1) is 15.4. The molecule has 32 heavy (non-hydrogen) atoms. The van der Waals surface area contributed by atoms with Crippen LogP contribution in [0.3, 0.4) is 0 Å². The molecule has 0 saturated carbocycles. The first-order valence-corrected chi connectivity index (χ1v) is 10.5. The van der Waals surface area contributed by atoms with Crippen molar-refractivity contribution < 1.29 is 23.8 Å². The highest BCUT2D eigenvalue weighted by molar-refractivity contribution is 5.96. The number of hydrogen-bond acceptors (Lipinski definition) is 6. The van der Waals surface area contributed by atoms with Crippen LogP contribution in [0.25, 0.3) is 11.0 Å². The van der Waals surface area contributed by atoms with Crippen LogP contribution in [0.15, 0.2) is 52.0 Å². The quantitative estimate of drug-likeness (QED) is 0.348. The monoisotopic (exact) mass is 437 g/mol. The van der Waals surface area contributed by atoms with Crippen LogP contribution in [-0.2, 0) is 6.42 Å². The van der Waals surface area contributed by atoms with Crippen molar-refractivity contribution in [3.8, 4) is 11.5 Å². The van der Waals surface area contributed by atoms with Crippen molar-refractivity contribution in [3.05, 3.63) is 64.7 Å². The highest BCUT2D eigenvalue weighted by Gasteiger charge is 2.13. The molecule has 1 aromatic heterocycles. The molecule has 2 aromatic carbocycles. The molecule has 0 saturated heterocycles. The fourth-order valence-corrected chi connectivity index (χ4v) is 3.34. The second-order valence-electron chi connectivity index (χ2n) is 7.44. The number of nitrogens with two attached hydrogens (primary N) is 1. The molecule has 3 rings (SSSR count). The van der Waals surface area contributed by atoms with E-state index in [0.29, 0.717) is 22.3 Å². The molecule has 0 aliphatic carbocycles. The summed E-state index contributed by atoms with van der Waals surface area (Å²) in [5.74, 6) is -0.634. The molecule has 3 aromatic rings. The molecule has 168 valence electrons. The van der Waals surface area contributed by atoms with Crippen LogP contribution in [0.4, 0.5) is 0 Å². The Hall–Kier alpha value is -3.81. The van der Waals surface area contributed by atoms with Gasteiger partial charge in [0.05, 0.1) is 7.11 Å². The van der Waals surface area contributed by atoms with Gasteiger partial charge in [0, 0.05) is 17.0 Å². The summed E-state index contributed by atoms with van der Waals surface area (Å²) >= 11 is 0. The zero-order chi connectivity index (χ0) is 23.1. The predicted molar refractivity (Wildman–Crippen MR) is 120 cm³/mol. The number of ether oxygens (including phenoxy) is 1. The minimum Gasteiger partial charge on any atom is -0.508 e. The van der Waals surface area contributed by atoms with Crippen molar-refractivity contribution in [2.75, 3.05) is 7.11 Å². The number of methoxy groups -OCH3 is 1. The molecule has 0 fully saturated rings. The molecule has 8 nitrogen and oxygen atoms in total. The zero-order valence-electron chi connectivity index (χ0n) is 18.2. The number of phenols is 1. The fraction of sp³-hybridized carbons (Fsp3) is 0.292. The Morgan fingerprint density at radius 2 is 1.97 bits per heavy atom. The third kappa shape index (κ3) is 5.46. The Labute approximate surface area is 185 Å². The molecule has 1 heterocycles. The van der Waals surface area contributed by atoms with Gasteiger partial charge < -0.3 is 20.0 Å². The fourth-order valence-electron chi connectivity index (χ4n) is 3.34. The average Bonchev–Trinajstić information content (AvgIpc) is 2.79. The van der Waals surface area contributed by atoms with E-state index in [9.17, 15) is 14.7 Å². The van der Waals surface area contributed by atoms with Crippen LogP contribution >= 0.6 is 0 Å². The van der Waals surface area contributed by atoms with Gasteiger partial charge in [0.1, 0.15) is 22.6 Å². The van der Waals surface area contributed by atoms with E-state index in [1.54, 1.807) is 36.4 Å². The maximum atomic E-state index is 12.4. The lowest BCUT2D eigenvalue weighted by Gasteiger charge is -2.08. The summed E-state index contributed by atoms with van der Waals surface area (Å²) in [6.45, 7) is 2.14. The van der Waals surface area contributed by atoms with E-state index in [1.165, 1.54) is 13.2 Å². The number of rotatable bonds is 9. The van der Waals surface area contributed by atoms with Gasteiger partial charge in [0.25, 0.3) is 11.8 Å². The van der Waals surface area contributed by atoms with Crippen LogP contribution < -0.4 is 21.5 Å². The van der Waals surface area contributed by atoms with Crippen LogP contribution in [0.1, 0.15) is 58.9 Å². The maximum absolute atomic E-state index is 12.4. The normalized spacial score (nSPS) is 11.5. The third-order valence-electron chi connectivity index (χ3n) is 5.10. The lowest BCUT2D eigenvalue weighted by Crippen LogP contribution is -2.27. The van der Waals surface area contributed by atoms with Crippen molar-refractivity contribution in [3.63, 3.8) is 0 Å².